The molecule has 2 aromatic carbocycles. The molecule has 1 aliphatic rings. The topological polar surface area (TPSA) is 64.7 Å². The number of carbonyl (C=O) groups is 1. The van der Waals surface area contributed by atoms with Crippen LogP contribution in [0.5, 0.6) is 0 Å². The minimum Gasteiger partial charge on any atom is -0.289 e. The lowest BCUT2D eigenvalue weighted by atomic mass is 9.82. The molecule has 3 nitrogen and oxygen atoms in total. The first kappa shape index (κ1) is 17.2. The first-order valence-corrected chi connectivity index (χ1v) is 7.44. The summed E-state index contributed by atoms with van der Waals surface area (Å²) < 4.78 is 38.2. The van der Waals surface area contributed by atoms with Crippen molar-refractivity contribution in [1.82, 2.24) is 0 Å². The van der Waals surface area contributed by atoms with Crippen LogP contribution in [0.3, 0.4) is 0 Å². The molecule has 2 aromatic rings. The molecule has 0 atom stereocenters. The maximum absolute atomic E-state index is 12.8. The number of carbonyl (C=O) groups excluding carboxylic acids is 1. The molecule has 3 rings (SSSR count). The predicted octanol–water partition coefficient (Wildman–Crippen LogP) is 4.79. The molecular formula is C20H9F3N2O. The van der Waals surface area contributed by atoms with Crippen molar-refractivity contribution in [3.63, 3.8) is 0 Å². The second-order valence-corrected chi connectivity index (χ2v) is 5.52. The van der Waals surface area contributed by atoms with E-state index >= 15 is 0 Å². The van der Waals surface area contributed by atoms with Crippen LogP contribution in [0.2, 0.25) is 0 Å². The van der Waals surface area contributed by atoms with Crippen molar-refractivity contribution < 1.29 is 18.0 Å². The van der Waals surface area contributed by atoms with Gasteiger partial charge in [-0.1, -0.05) is 36.4 Å². The summed E-state index contributed by atoms with van der Waals surface area (Å²) in [5, 5.41) is 18.4. The summed E-state index contributed by atoms with van der Waals surface area (Å²) in [6, 6.07) is 14.3. The molecule has 0 bridgehead atoms. The Morgan fingerprint density at radius 1 is 0.885 bits per heavy atom. The fourth-order valence-corrected chi connectivity index (χ4v) is 2.75. The van der Waals surface area contributed by atoms with Crippen LogP contribution in [-0.2, 0) is 6.18 Å². The molecule has 1 aliphatic carbocycles. The standard InChI is InChI=1S/C20H9F3N2O/c21-20(22,23)14-7-5-12(6-8-14)18-9-17(13(10-24)11-25)15-3-1-2-4-16(15)19(18)26/h1-9H. The molecular weight excluding hydrogens is 341 g/mol. The van der Waals surface area contributed by atoms with Gasteiger partial charge in [-0.25, -0.2) is 0 Å². The lowest BCUT2D eigenvalue weighted by Gasteiger charge is -2.19. The quantitative estimate of drug-likeness (QED) is 0.695. The molecule has 0 fully saturated rings. The number of hydrogen-bond donors (Lipinski definition) is 0. The highest BCUT2D eigenvalue weighted by Gasteiger charge is 2.31. The number of halogens is 3. The second kappa shape index (κ2) is 6.34. The zero-order chi connectivity index (χ0) is 18.9. The van der Waals surface area contributed by atoms with Crippen LogP contribution in [-0.4, -0.2) is 5.78 Å². The van der Waals surface area contributed by atoms with E-state index in [2.05, 4.69) is 0 Å². The van der Waals surface area contributed by atoms with E-state index in [0.29, 0.717) is 11.1 Å². The number of nitrogens with zero attached hydrogens (tertiary/aromatic N) is 2. The molecule has 0 radical (unpaired) electrons. The summed E-state index contributed by atoms with van der Waals surface area (Å²) in [6.07, 6.45) is -3.09. The van der Waals surface area contributed by atoms with Crippen LogP contribution in [0.1, 0.15) is 27.0 Å². The lowest BCUT2D eigenvalue weighted by molar-refractivity contribution is -0.137. The molecule has 0 unspecified atom stereocenters. The van der Waals surface area contributed by atoms with Crippen LogP contribution in [0, 0.1) is 22.7 Å². The van der Waals surface area contributed by atoms with Gasteiger partial charge < -0.3 is 0 Å². The van der Waals surface area contributed by atoms with Crippen molar-refractivity contribution in [2.24, 2.45) is 0 Å². The zero-order valence-corrected chi connectivity index (χ0v) is 13.1. The van der Waals surface area contributed by atoms with E-state index in [9.17, 15) is 28.5 Å². The van der Waals surface area contributed by atoms with Gasteiger partial charge in [0.25, 0.3) is 0 Å². The molecule has 0 N–H and O–H groups in total. The number of benzene rings is 2. The van der Waals surface area contributed by atoms with Crippen LogP contribution in [0.4, 0.5) is 13.2 Å². The molecule has 0 aliphatic heterocycles. The smallest absolute Gasteiger partial charge is 0.289 e. The second-order valence-electron chi connectivity index (χ2n) is 5.52. The third-order valence-corrected chi connectivity index (χ3v) is 4.01. The summed E-state index contributed by atoms with van der Waals surface area (Å²) in [6.45, 7) is 0. The Kier molecular flexibility index (Phi) is 4.19. The van der Waals surface area contributed by atoms with Crippen molar-refractivity contribution in [3.8, 4) is 12.1 Å². The zero-order valence-electron chi connectivity index (χ0n) is 13.1. The van der Waals surface area contributed by atoms with E-state index in [0.717, 1.165) is 12.1 Å². The monoisotopic (exact) mass is 350 g/mol. The van der Waals surface area contributed by atoms with Crippen LogP contribution >= 0.6 is 0 Å². The summed E-state index contributed by atoms with van der Waals surface area (Å²) in [5.74, 6) is -0.376. The molecule has 0 amide bonds. The van der Waals surface area contributed by atoms with Gasteiger partial charge in [0.15, 0.2) is 5.78 Å². The Hall–Kier alpha value is -3.64. The summed E-state index contributed by atoms with van der Waals surface area (Å²) in [5.41, 5.74) is 0.445. The fourth-order valence-electron chi connectivity index (χ4n) is 2.75. The van der Waals surface area contributed by atoms with Gasteiger partial charge >= 0.3 is 6.18 Å². The molecule has 126 valence electrons. The molecule has 6 heteroatoms. The van der Waals surface area contributed by atoms with Crippen molar-refractivity contribution in [2.75, 3.05) is 0 Å². The molecule has 0 saturated heterocycles. The molecule has 0 aromatic heterocycles. The maximum Gasteiger partial charge on any atom is 0.416 e. The van der Waals surface area contributed by atoms with E-state index in [1.165, 1.54) is 18.2 Å². The van der Waals surface area contributed by atoms with Gasteiger partial charge in [-0.15, -0.1) is 0 Å². The fraction of sp³-hybridized carbons (Fsp3) is 0.0500. The van der Waals surface area contributed by atoms with Crippen molar-refractivity contribution >= 4 is 16.9 Å². The number of Topliss-reactive ketones (excluding diaryl/α,β-unsaturated/α-hetero) is 1. The molecule has 26 heavy (non-hydrogen) atoms. The average molecular weight is 350 g/mol. The number of nitriles is 2. The highest BCUT2D eigenvalue weighted by atomic mass is 19.4. The van der Waals surface area contributed by atoms with Gasteiger partial charge in [-0.2, -0.15) is 23.7 Å². The van der Waals surface area contributed by atoms with Crippen LogP contribution in [0.15, 0.2) is 60.2 Å². The highest BCUT2D eigenvalue weighted by Crippen LogP contribution is 2.36. The first-order valence-electron chi connectivity index (χ1n) is 7.44. The van der Waals surface area contributed by atoms with Crippen molar-refractivity contribution in [3.05, 3.63) is 82.4 Å². The Labute approximate surface area is 146 Å². The van der Waals surface area contributed by atoms with E-state index in [1.807, 2.05) is 0 Å². The average Bonchev–Trinajstić information content (AvgIpc) is 2.64. The number of alkyl halides is 3. The Morgan fingerprint density at radius 2 is 1.46 bits per heavy atom. The minimum absolute atomic E-state index is 0.135. The van der Waals surface area contributed by atoms with Gasteiger partial charge in [0.1, 0.15) is 17.7 Å². The predicted molar refractivity (Wildman–Crippen MR) is 88.3 cm³/mol. The van der Waals surface area contributed by atoms with Crippen LogP contribution in [0.25, 0.3) is 11.1 Å². The number of ketones is 1. The number of allylic oxidation sites excluding steroid dienone is 4. The van der Waals surface area contributed by atoms with Gasteiger partial charge in [0, 0.05) is 16.7 Å². The Morgan fingerprint density at radius 3 is 2.00 bits per heavy atom. The van der Waals surface area contributed by atoms with Gasteiger partial charge in [-0.05, 0) is 29.3 Å². The van der Waals surface area contributed by atoms with E-state index in [1.54, 1.807) is 36.4 Å². The summed E-state index contributed by atoms with van der Waals surface area (Å²) in [7, 11) is 0. The van der Waals surface area contributed by atoms with E-state index < -0.39 is 11.7 Å². The van der Waals surface area contributed by atoms with Crippen molar-refractivity contribution in [1.29, 1.82) is 10.5 Å². The Balaban J connectivity index is 2.20. The van der Waals surface area contributed by atoms with Crippen molar-refractivity contribution in [2.45, 2.75) is 6.18 Å². The SMILES string of the molecule is N#CC(C#N)=C1C=C(c2ccc(C(F)(F)F)cc2)C(=O)c2ccccc21. The van der Waals surface area contributed by atoms with Gasteiger partial charge in [0.2, 0.25) is 0 Å². The Bertz CT molecular complexity index is 1030. The first-order chi connectivity index (χ1) is 12.4. The summed E-state index contributed by atoms with van der Waals surface area (Å²) >= 11 is 0. The minimum atomic E-state index is -4.48. The van der Waals surface area contributed by atoms with Crippen LogP contribution < -0.4 is 0 Å². The summed E-state index contributed by atoms with van der Waals surface area (Å²) in [4.78, 5) is 12.8. The normalized spacial score (nSPS) is 13.3. The highest BCUT2D eigenvalue weighted by molar-refractivity contribution is 6.34. The third kappa shape index (κ3) is 2.89. The maximum atomic E-state index is 12.8. The van der Waals surface area contributed by atoms with E-state index in [-0.39, 0.29) is 28.1 Å². The van der Waals surface area contributed by atoms with Gasteiger partial charge in [-0.3, -0.25) is 4.79 Å². The van der Waals surface area contributed by atoms with Gasteiger partial charge in [0.05, 0.1) is 5.56 Å². The molecule has 0 heterocycles. The third-order valence-electron chi connectivity index (χ3n) is 4.01. The molecule has 0 spiro atoms. The lowest BCUT2D eigenvalue weighted by Crippen LogP contribution is -2.12. The number of rotatable bonds is 1. The number of hydrogen-bond acceptors (Lipinski definition) is 3. The largest absolute Gasteiger partial charge is 0.416 e. The number of fused-ring (bicyclic) bond motifs is 1. The van der Waals surface area contributed by atoms with E-state index in [4.69, 9.17) is 0 Å². The molecule has 0 saturated carbocycles.